The minimum atomic E-state index is 0.189. The molecule has 3 nitrogen and oxygen atoms in total. The van der Waals surface area contributed by atoms with Crippen molar-refractivity contribution in [2.45, 2.75) is 58.8 Å². The topological polar surface area (TPSA) is 23.6 Å². The molecule has 0 spiro atoms. The van der Waals surface area contributed by atoms with Gasteiger partial charge in [0.15, 0.2) is 0 Å². The first-order valence-electron chi connectivity index (χ1n) is 9.93. The number of amides is 1. The summed E-state index contributed by atoms with van der Waals surface area (Å²) >= 11 is 1.90. The van der Waals surface area contributed by atoms with Gasteiger partial charge >= 0.3 is 0 Å². The summed E-state index contributed by atoms with van der Waals surface area (Å²) < 4.78 is 0. The van der Waals surface area contributed by atoms with Crippen LogP contribution in [0.25, 0.3) is 0 Å². The molecule has 1 aliphatic rings. The first-order chi connectivity index (χ1) is 12.2. The van der Waals surface area contributed by atoms with Gasteiger partial charge in [-0.3, -0.25) is 4.79 Å². The molecule has 2 rings (SSSR count). The highest BCUT2D eigenvalue weighted by atomic mass is 32.2. The van der Waals surface area contributed by atoms with Crippen LogP contribution in [0.15, 0.2) is 24.3 Å². The summed E-state index contributed by atoms with van der Waals surface area (Å²) in [7, 11) is 0. The Labute approximate surface area is 158 Å². The van der Waals surface area contributed by atoms with Gasteiger partial charge in [-0.1, -0.05) is 38.8 Å². The first-order valence-corrected chi connectivity index (χ1v) is 11.0. The number of carbonyl (C=O) groups is 1. The third-order valence-electron chi connectivity index (χ3n) is 5.23. The number of benzene rings is 1. The van der Waals surface area contributed by atoms with Crippen molar-refractivity contribution >= 4 is 23.4 Å². The maximum absolute atomic E-state index is 13.0. The average Bonchev–Trinajstić information content (AvgIpc) is 3.13. The van der Waals surface area contributed by atoms with E-state index >= 15 is 0 Å². The lowest BCUT2D eigenvalue weighted by Gasteiger charge is -2.28. The summed E-state index contributed by atoms with van der Waals surface area (Å²) in [4.78, 5) is 17.5. The fraction of sp³-hybridized carbons (Fsp3) is 0.667. The lowest BCUT2D eigenvalue weighted by Crippen LogP contribution is -2.35. The summed E-state index contributed by atoms with van der Waals surface area (Å²) in [5, 5.41) is 0.189. The van der Waals surface area contributed by atoms with E-state index in [9.17, 15) is 4.79 Å². The van der Waals surface area contributed by atoms with E-state index in [0.29, 0.717) is 5.91 Å². The van der Waals surface area contributed by atoms with Crippen molar-refractivity contribution in [3.8, 4) is 0 Å². The van der Waals surface area contributed by atoms with Crippen molar-refractivity contribution < 1.29 is 4.79 Å². The second-order valence-corrected chi connectivity index (χ2v) is 7.95. The lowest BCUT2D eigenvalue weighted by molar-refractivity contribution is -0.136. The van der Waals surface area contributed by atoms with Gasteiger partial charge < -0.3 is 9.80 Å². The number of hydrogen-bond donors (Lipinski definition) is 0. The van der Waals surface area contributed by atoms with Gasteiger partial charge in [-0.15, -0.1) is 11.8 Å². The Morgan fingerprint density at radius 2 is 1.88 bits per heavy atom. The number of anilines is 1. The Balaban J connectivity index is 2.11. The van der Waals surface area contributed by atoms with Crippen molar-refractivity contribution in [1.82, 2.24) is 4.90 Å². The SMILES string of the molecule is CCCC[C@H](CC)C(=O)N1CCS[C@H]1c1ccc(N(CC)CC)cc1. The van der Waals surface area contributed by atoms with Crippen LogP contribution in [0.4, 0.5) is 5.69 Å². The Hall–Kier alpha value is -1.16. The fourth-order valence-corrected chi connectivity index (χ4v) is 4.86. The number of nitrogens with zero attached hydrogens (tertiary/aromatic N) is 2. The average molecular weight is 363 g/mol. The molecule has 0 N–H and O–H groups in total. The highest BCUT2D eigenvalue weighted by molar-refractivity contribution is 7.99. The van der Waals surface area contributed by atoms with Crippen LogP contribution in [-0.2, 0) is 4.79 Å². The van der Waals surface area contributed by atoms with Crippen LogP contribution in [0.1, 0.15) is 64.3 Å². The molecule has 1 amide bonds. The summed E-state index contributed by atoms with van der Waals surface area (Å²) in [6.45, 7) is 11.6. The van der Waals surface area contributed by atoms with E-state index in [0.717, 1.165) is 51.1 Å². The smallest absolute Gasteiger partial charge is 0.226 e. The molecule has 1 fully saturated rings. The Morgan fingerprint density at radius 3 is 2.44 bits per heavy atom. The molecule has 0 aliphatic carbocycles. The molecule has 4 heteroatoms. The molecule has 0 unspecified atom stereocenters. The van der Waals surface area contributed by atoms with E-state index in [1.54, 1.807) is 0 Å². The summed E-state index contributed by atoms with van der Waals surface area (Å²) in [6.07, 6.45) is 4.29. The molecule has 1 heterocycles. The zero-order valence-corrected chi connectivity index (χ0v) is 17.1. The molecule has 2 atom stereocenters. The Kier molecular flexibility index (Phi) is 8.14. The van der Waals surface area contributed by atoms with Crippen LogP contribution in [0.3, 0.4) is 0 Å². The maximum Gasteiger partial charge on any atom is 0.226 e. The van der Waals surface area contributed by atoms with Gasteiger partial charge in [0.1, 0.15) is 5.37 Å². The number of rotatable bonds is 9. The van der Waals surface area contributed by atoms with Gasteiger partial charge in [0.25, 0.3) is 0 Å². The van der Waals surface area contributed by atoms with Gasteiger partial charge in [-0.05, 0) is 44.4 Å². The van der Waals surface area contributed by atoms with Crippen LogP contribution in [0.5, 0.6) is 0 Å². The van der Waals surface area contributed by atoms with Gasteiger partial charge in [0, 0.05) is 37.0 Å². The minimum Gasteiger partial charge on any atom is -0.372 e. The molecule has 1 aromatic carbocycles. The first kappa shape index (κ1) is 20.2. The van der Waals surface area contributed by atoms with Gasteiger partial charge in [-0.25, -0.2) is 0 Å². The van der Waals surface area contributed by atoms with Crippen LogP contribution in [-0.4, -0.2) is 36.2 Å². The van der Waals surface area contributed by atoms with E-state index in [2.05, 4.69) is 61.8 Å². The molecule has 0 bridgehead atoms. The highest BCUT2D eigenvalue weighted by Gasteiger charge is 2.33. The minimum absolute atomic E-state index is 0.189. The van der Waals surface area contributed by atoms with Crippen molar-refractivity contribution in [3.05, 3.63) is 29.8 Å². The zero-order chi connectivity index (χ0) is 18.2. The normalized spacial score (nSPS) is 18.4. The third kappa shape index (κ3) is 4.93. The summed E-state index contributed by atoms with van der Waals surface area (Å²) in [6, 6.07) is 8.84. The van der Waals surface area contributed by atoms with E-state index in [1.807, 2.05) is 11.8 Å². The predicted octanol–water partition coefficient (Wildman–Crippen LogP) is 5.32. The largest absolute Gasteiger partial charge is 0.372 e. The molecule has 0 radical (unpaired) electrons. The molecular weight excluding hydrogens is 328 g/mol. The predicted molar refractivity (Wildman–Crippen MR) is 110 cm³/mol. The van der Waals surface area contributed by atoms with E-state index in [1.165, 1.54) is 11.3 Å². The number of carbonyl (C=O) groups excluding carboxylic acids is 1. The van der Waals surface area contributed by atoms with Crippen LogP contribution in [0.2, 0.25) is 0 Å². The van der Waals surface area contributed by atoms with E-state index in [4.69, 9.17) is 0 Å². The number of hydrogen-bond acceptors (Lipinski definition) is 3. The Morgan fingerprint density at radius 1 is 1.20 bits per heavy atom. The summed E-state index contributed by atoms with van der Waals surface area (Å²) in [5.74, 6) is 1.59. The van der Waals surface area contributed by atoms with Crippen molar-refractivity contribution in [2.75, 3.05) is 30.3 Å². The Bertz CT molecular complexity index is 527. The molecule has 140 valence electrons. The lowest BCUT2D eigenvalue weighted by atomic mass is 9.97. The quantitative estimate of drug-likeness (QED) is 0.594. The van der Waals surface area contributed by atoms with Crippen LogP contribution < -0.4 is 4.90 Å². The van der Waals surface area contributed by atoms with Crippen molar-refractivity contribution in [2.24, 2.45) is 5.92 Å². The van der Waals surface area contributed by atoms with E-state index in [-0.39, 0.29) is 11.3 Å². The second-order valence-electron chi connectivity index (χ2n) is 6.77. The molecule has 1 aromatic rings. The molecule has 1 aliphatic heterocycles. The van der Waals surface area contributed by atoms with Crippen molar-refractivity contribution in [1.29, 1.82) is 0 Å². The standard InChI is InChI=1S/C21H34N2OS/c1-5-9-10-17(6-2)20(24)23-15-16-25-21(23)18-11-13-19(14-12-18)22(7-3)8-4/h11-14,17,21H,5-10,15-16H2,1-4H3/t17-,21-/m0/s1. The van der Waals surface area contributed by atoms with Gasteiger partial charge in [-0.2, -0.15) is 0 Å². The molecule has 1 saturated heterocycles. The molecular formula is C21H34N2OS. The highest BCUT2D eigenvalue weighted by Crippen LogP contribution is 2.39. The molecule has 0 aromatic heterocycles. The van der Waals surface area contributed by atoms with E-state index < -0.39 is 0 Å². The van der Waals surface area contributed by atoms with Crippen molar-refractivity contribution in [3.63, 3.8) is 0 Å². The maximum atomic E-state index is 13.0. The number of thioether (sulfide) groups is 1. The van der Waals surface area contributed by atoms with Crippen LogP contribution >= 0.6 is 11.8 Å². The van der Waals surface area contributed by atoms with Crippen LogP contribution in [0, 0.1) is 5.92 Å². The monoisotopic (exact) mass is 362 g/mol. The number of unbranched alkanes of at least 4 members (excludes halogenated alkanes) is 1. The molecule has 0 saturated carbocycles. The zero-order valence-electron chi connectivity index (χ0n) is 16.3. The second kappa shape index (κ2) is 10.1. The fourth-order valence-electron chi connectivity index (χ4n) is 3.60. The molecule has 25 heavy (non-hydrogen) atoms. The third-order valence-corrected chi connectivity index (χ3v) is 6.49. The summed E-state index contributed by atoms with van der Waals surface area (Å²) in [5.41, 5.74) is 2.53. The van der Waals surface area contributed by atoms with Gasteiger partial charge in [0.05, 0.1) is 0 Å². The van der Waals surface area contributed by atoms with Gasteiger partial charge in [0.2, 0.25) is 5.91 Å².